The number of amides is 1. The fourth-order valence-corrected chi connectivity index (χ4v) is 3.69. The fraction of sp³-hybridized carbons (Fsp3) is 0.333. The second-order valence-corrected chi connectivity index (χ2v) is 7.53. The van der Waals surface area contributed by atoms with Crippen molar-refractivity contribution in [3.63, 3.8) is 0 Å². The van der Waals surface area contributed by atoms with Gasteiger partial charge in [0.25, 0.3) is 11.5 Å². The Kier molecular flexibility index (Phi) is 5.55. The summed E-state index contributed by atoms with van der Waals surface area (Å²) < 4.78 is 16.2. The van der Waals surface area contributed by atoms with Crippen LogP contribution in [0.5, 0.6) is 5.75 Å². The van der Waals surface area contributed by atoms with Crippen molar-refractivity contribution in [1.29, 1.82) is 0 Å². The normalized spacial score (nSPS) is 16.2. The molecule has 1 aliphatic rings. The highest BCUT2D eigenvalue weighted by Crippen LogP contribution is 2.26. The van der Waals surface area contributed by atoms with Gasteiger partial charge in [0.1, 0.15) is 11.6 Å². The molecule has 162 valence electrons. The first-order chi connectivity index (χ1) is 14.8. The number of aromatic hydroxyl groups is 1. The highest BCUT2D eigenvalue weighted by atomic mass is 19.1. The molecule has 1 amide bonds. The number of nitrogens with one attached hydrogen (secondary N) is 1. The average Bonchev–Trinajstić information content (AvgIpc) is 3.16. The van der Waals surface area contributed by atoms with Crippen molar-refractivity contribution in [3.05, 3.63) is 75.5 Å². The van der Waals surface area contributed by atoms with Crippen LogP contribution in [0.2, 0.25) is 0 Å². The molecule has 1 aliphatic heterocycles. The summed E-state index contributed by atoms with van der Waals surface area (Å²) in [5.41, 5.74) is 0.745. The zero-order valence-corrected chi connectivity index (χ0v) is 17.2. The molecule has 2 aromatic heterocycles. The predicted molar refractivity (Wildman–Crippen MR) is 110 cm³/mol. The maximum atomic E-state index is 13.0. The first kappa shape index (κ1) is 20.7. The van der Waals surface area contributed by atoms with Crippen LogP contribution >= 0.6 is 0 Å². The Morgan fingerprint density at radius 2 is 2.00 bits per heavy atom. The molecular weight excluding hydrogens is 403 g/mol. The first-order valence-corrected chi connectivity index (χ1v) is 9.92. The smallest absolute Gasteiger partial charge is 0.296 e. The van der Waals surface area contributed by atoms with Crippen molar-refractivity contribution in [3.8, 4) is 5.75 Å². The second-order valence-electron chi connectivity index (χ2n) is 7.53. The van der Waals surface area contributed by atoms with Crippen LogP contribution in [0.3, 0.4) is 0 Å². The third kappa shape index (κ3) is 4.06. The van der Waals surface area contributed by atoms with Gasteiger partial charge in [-0.25, -0.2) is 9.37 Å². The summed E-state index contributed by atoms with van der Waals surface area (Å²) in [6, 6.07) is 7.35. The van der Waals surface area contributed by atoms with E-state index >= 15 is 0 Å². The predicted octanol–water partition coefficient (Wildman–Crippen LogP) is 1.33. The van der Waals surface area contributed by atoms with E-state index < -0.39 is 17.2 Å². The first-order valence-electron chi connectivity index (χ1n) is 9.92. The van der Waals surface area contributed by atoms with Gasteiger partial charge in [-0.3, -0.25) is 23.7 Å². The van der Waals surface area contributed by atoms with E-state index in [0.29, 0.717) is 31.0 Å². The molecule has 0 spiro atoms. The van der Waals surface area contributed by atoms with Crippen LogP contribution in [-0.2, 0) is 26.7 Å². The molecule has 0 bridgehead atoms. The Labute approximate surface area is 177 Å². The molecule has 0 saturated heterocycles. The van der Waals surface area contributed by atoms with Gasteiger partial charge >= 0.3 is 0 Å². The molecule has 0 saturated carbocycles. The second kappa shape index (κ2) is 8.31. The monoisotopic (exact) mass is 426 g/mol. The lowest BCUT2D eigenvalue weighted by atomic mass is 10.1. The molecule has 9 nitrogen and oxygen atoms in total. The molecule has 1 unspecified atom stereocenters. The van der Waals surface area contributed by atoms with Crippen molar-refractivity contribution in [2.75, 3.05) is 6.54 Å². The molecule has 1 atom stereocenters. The summed E-state index contributed by atoms with van der Waals surface area (Å²) in [6.45, 7) is 3.58. The minimum Gasteiger partial charge on any atom is -0.501 e. The minimum absolute atomic E-state index is 0.112. The lowest BCUT2D eigenvalue weighted by molar-refractivity contribution is 0.0937. The largest absolute Gasteiger partial charge is 0.501 e. The number of fused-ring (bicyclic) bond motifs is 1. The highest BCUT2D eigenvalue weighted by Gasteiger charge is 2.30. The Bertz CT molecular complexity index is 1170. The van der Waals surface area contributed by atoms with Gasteiger partial charge in [0.2, 0.25) is 5.75 Å². The van der Waals surface area contributed by atoms with Crippen molar-refractivity contribution in [2.24, 2.45) is 7.05 Å². The lowest BCUT2D eigenvalue weighted by Crippen LogP contribution is -2.43. The minimum atomic E-state index is -0.673. The number of carbonyl (C=O) groups is 1. The number of nitrogens with zero attached hydrogens (tertiary/aromatic N) is 5. The van der Waals surface area contributed by atoms with Crippen LogP contribution in [0.1, 0.15) is 40.5 Å². The Morgan fingerprint density at radius 3 is 2.68 bits per heavy atom. The van der Waals surface area contributed by atoms with Gasteiger partial charge in [-0.15, -0.1) is 0 Å². The van der Waals surface area contributed by atoms with E-state index in [1.165, 1.54) is 16.7 Å². The molecule has 4 rings (SSSR count). The standard InChI is InChI=1S/C21H23FN6O3/c1-13-19-25-17(20(30)23-11-14-3-5-15(22)6-4-14)18(29)21(31)28(19)10-9-27(13)12-16-7-8-24-26(16)2/h3-8,13,29H,9-12H2,1-2H3,(H,23,30). The Morgan fingerprint density at radius 1 is 1.26 bits per heavy atom. The molecular formula is C21H23FN6O3. The van der Waals surface area contributed by atoms with Gasteiger partial charge in [-0.1, -0.05) is 12.1 Å². The number of benzene rings is 1. The summed E-state index contributed by atoms with van der Waals surface area (Å²) in [6.07, 6.45) is 1.72. The summed E-state index contributed by atoms with van der Waals surface area (Å²) in [4.78, 5) is 31.8. The van der Waals surface area contributed by atoms with E-state index in [0.717, 1.165) is 5.69 Å². The van der Waals surface area contributed by atoms with Crippen LogP contribution in [0.15, 0.2) is 41.3 Å². The summed E-state index contributed by atoms with van der Waals surface area (Å²) in [5, 5.41) is 17.1. The number of aryl methyl sites for hydroxylation is 1. The van der Waals surface area contributed by atoms with Gasteiger partial charge in [-0.05, 0) is 30.7 Å². The Balaban J connectivity index is 1.57. The van der Waals surface area contributed by atoms with Crippen LogP contribution in [0, 0.1) is 5.82 Å². The molecule has 3 heterocycles. The quantitative estimate of drug-likeness (QED) is 0.638. The van der Waals surface area contributed by atoms with E-state index in [2.05, 4.69) is 20.3 Å². The van der Waals surface area contributed by atoms with Crippen LogP contribution < -0.4 is 10.9 Å². The van der Waals surface area contributed by atoms with E-state index in [-0.39, 0.29) is 24.1 Å². The van der Waals surface area contributed by atoms with Crippen LogP contribution in [-0.4, -0.2) is 41.8 Å². The highest BCUT2D eigenvalue weighted by molar-refractivity contribution is 5.94. The lowest BCUT2D eigenvalue weighted by Gasteiger charge is -2.35. The molecule has 2 N–H and O–H groups in total. The number of rotatable bonds is 5. The number of carbonyl (C=O) groups excluding carboxylic acids is 1. The molecule has 31 heavy (non-hydrogen) atoms. The van der Waals surface area contributed by atoms with Gasteiger partial charge in [0.15, 0.2) is 5.69 Å². The third-order valence-electron chi connectivity index (χ3n) is 5.58. The zero-order valence-electron chi connectivity index (χ0n) is 17.2. The fourth-order valence-electron chi connectivity index (χ4n) is 3.69. The number of aromatic nitrogens is 4. The van der Waals surface area contributed by atoms with E-state index in [1.807, 2.05) is 20.0 Å². The molecule has 1 aromatic carbocycles. The van der Waals surface area contributed by atoms with Gasteiger partial charge in [-0.2, -0.15) is 5.10 Å². The van der Waals surface area contributed by atoms with Crippen LogP contribution in [0.4, 0.5) is 4.39 Å². The van der Waals surface area contributed by atoms with E-state index in [9.17, 15) is 19.1 Å². The van der Waals surface area contributed by atoms with Crippen molar-refractivity contribution in [1.82, 2.24) is 29.5 Å². The summed E-state index contributed by atoms with van der Waals surface area (Å²) in [7, 11) is 1.86. The summed E-state index contributed by atoms with van der Waals surface area (Å²) in [5.74, 6) is -1.30. The molecule has 10 heteroatoms. The maximum absolute atomic E-state index is 13.0. The van der Waals surface area contributed by atoms with Crippen molar-refractivity contribution < 1.29 is 14.3 Å². The van der Waals surface area contributed by atoms with Gasteiger partial charge < -0.3 is 10.4 Å². The molecule has 3 aromatic rings. The number of hydrogen-bond donors (Lipinski definition) is 2. The third-order valence-corrected chi connectivity index (χ3v) is 5.58. The number of halogens is 1. The van der Waals surface area contributed by atoms with Crippen molar-refractivity contribution >= 4 is 5.91 Å². The van der Waals surface area contributed by atoms with Gasteiger partial charge in [0, 0.05) is 39.4 Å². The van der Waals surface area contributed by atoms with Crippen molar-refractivity contribution in [2.45, 2.75) is 32.6 Å². The maximum Gasteiger partial charge on any atom is 0.296 e. The topological polar surface area (TPSA) is 105 Å². The molecule has 0 radical (unpaired) electrons. The summed E-state index contributed by atoms with van der Waals surface area (Å²) >= 11 is 0. The SMILES string of the molecule is CC1c2nc(C(=O)NCc3ccc(F)cc3)c(O)c(=O)n2CCN1Cc1ccnn1C. The van der Waals surface area contributed by atoms with E-state index in [4.69, 9.17) is 0 Å². The number of hydrogen-bond acceptors (Lipinski definition) is 6. The Hall–Kier alpha value is -3.53. The molecule has 0 fully saturated rings. The average molecular weight is 426 g/mol. The molecule has 0 aliphatic carbocycles. The zero-order chi connectivity index (χ0) is 22.1. The van der Waals surface area contributed by atoms with Crippen LogP contribution in [0.25, 0.3) is 0 Å². The van der Waals surface area contributed by atoms with Gasteiger partial charge in [0.05, 0.1) is 11.7 Å². The van der Waals surface area contributed by atoms with E-state index in [1.54, 1.807) is 23.0 Å².